The average Bonchev–Trinajstić information content (AvgIpc) is 2.61. The topological polar surface area (TPSA) is 29.5 Å². The van der Waals surface area contributed by atoms with Crippen molar-refractivity contribution in [3.8, 4) is 0 Å². The van der Waals surface area contributed by atoms with E-state index in [1.165, 1.54) is 103 Å². The standard InChI is InChI=1S/C23H46O2/c1-3-5-6-7-8-9-10-11-12-13-14-15-16-17-21(4-2)18-23-22(19-24)20-25-23/h21-24H,3-20H2,1-2H3. The SMILES string of the molecule is CCCCCCCCCCCCCCCC(CC)CC1OCC1CO. The molecule has 0 aliphatic carbocycles. The van der Waals surface area contributed by atoms with Crippen LogP contribution in [0.1, 0.15) is 117 Å². The third-order valence-electron chi connectivity index (χ3n) is 6.14. The number of hydrogen-bond donors (Lipinski definition) is 1. The lowest BCUT2D eigenvalue weighted by Crippen LogP contribution is -2.43. The van der Waals surface area contributed by atoms with Crippen LogP contribution >= 0.6 is 0 Å². The maximum Gasteiger partial charge on any atom is 0.0650 e. The third-order valence-corrected chi connectivity index (χ3v) is 6.14. The lowest BCUT2D eigenvalue weighted by molar-refractivity contribution is -0.140. The Labute approximate surface area is 158 Å². The van der Waals surface area contributed by atoms with Crippen molar-refractivity contribution in [3.05, 3.63) is 0 Å². The van der Waals surface area contributed by atoms with Gasteiger partial charge in [-0.25, -0.2) is 0 Å². The minimum Gasteiger partial charge on any atom is -0.396 e. The molecule has 1 fully saturated rings. The zero-order valence-electron chi connectivity index (χ0n) is 17.3. The second-order valence-electron chi connectivity index (χ2n) is 8.36. The van der Waals surface area contributed by atoms with Gasteiger partial charge < -0.3 is 9.84 Å². The van der Waals surface area contributed by atoms with Gasteiger partial charge in [-0.15, -0.1) is 0 Å². The summed E-state index contributed by atoms with van der Waals surface area (Å²) < 4.78 is 5.63. The van der Waals surface area contributed by atoms with Crippen molar-refractivity contribution in [2.24, 2.45) is 11.8 Å². The van der Waals surface area contributed by atoms with Gasteiger partial charge >= 0.3 is 0 Å². The summed E-state index contributed by atoms with van der Waals surface area (Å²) in [4.78, 5) is 0. The van der Waals surface area contributed by atoms with E-state index in [4.69, 9.17) is 4.74 Å². The number of hydrogen-bond acceptors (Lipinski definition) is 2. The fraction of sp³-hybridized carbons (Fsp3) is 1.00. The van der Waals surface area contributed by atoms with Crippen LogP contribution in [0.15, 0.2) is 0 Å². The van der Waals surface area contributed by atoms with Gasteiger partial charge in [-0.2, -0.15) is 0 Å². The van der Waals surface area contributed by atoms with E-state index < -0.39 is 0 Å². The summed E-state index contributed by atoms with van der Waals surface area (Å²) in [6.07, 6.45) is 22.7. The number of aliphatic hydroxyl groups is 1. The molecular formula is C23H46O2. The summed E-state index contributed by atoms with van der Waals surface area (Å²) in [5, 5.41) is 9.26. The van der Waals surface area contributed by atoms with Crippen LogP contribution in [-0.4, -0.2) is 24.4 Å². The first kappa shape index (κ1) is 23.0. The van der Waals surface area contributed by atoms with Crippen LogP contribution in [0.25, 0.3) is 0 Å². The number of unbranched alkanes of at least 4 members (excludes halogenated alkanes) is 12. The van der Waals surface area contributed by atoms with Crippen molar-refractivity contribution in [1.29, 1.82) is 0 Å². The molecule has 3 unspecified atom stereocenters. The van der Waals surface area contributed by atoms with Crippen LogP contribution in [-0.2, 0) is 4.74 Å². The Morgan fingerprint density at radius 2 is 1.32 bits per heavy atom. The first-order valence-electron chi connectivity index (χ1n) is 11.5. The van der Waals surface area contributed by atoms with Crippen molar-refractivity contribution >= 4 is 0 Å². The quantitative estimate of drug-likeness (QED) is 0.271. The third kappa shape index (κ3) is 11.3. The molecule has 0 amide bonds. The van der Waals surface area contributed by atoms with E-state index in [1.807, 2.05) is 0 Å². The molecule has 1 N–H and O–H groups in total. The van der Waals surface area contributed by atoms with Gasteiger partial charge in [0.25, 0.3) is 0 Å². The molecule has 1 aliphatic heterocycles. The van der Waals surface area contributed by atoms with E-state index in [2.05, 4.69) is 13.8 Å². The fourth-order valence-corrected chi connectivity index (χ4v) is 4.07. The molecule has 2 nitrogen and oxygen atoms in total. The van der Waals surface area contributed by atoms with E-state index in [0.717, 1.165) is 12.5 Å². The van der Waals surface area contributed by atoms with Gasteiger partial charge in [-0.05, 0) is 12.3 Å². The highest BCUT2D eigenvalue weighted by molar-refractivity contribution is 4.80. The lowest BCUT2D eigenvalue weighted by atomic mass is 9.86. The van der Waals surface area contributed by atoms with Crippen LogP contribution in [0.5, 0.6) is 0 Å². The summed E-state index contributed by atoms with van der Waals surface area (Å²) in [6, 6.07) is 0. The molecule has 0 spiro atoms. The molecule has 0 saturated carbocycles. The Kier molecular flexibility index (Phi) is 14.8. The van der Waals surface area contributed by atoms with Crippen molar-refractivity contribution in [3.63, 3.8) is 0 Å². The van der Waals surface area contributed by atoms with Gasteiger partial charge in [-0.3, -0.25) is 0 Å². The Morgan fingerprint density at radius 1 is 0.800 bits per heavy atom. The second-order valence-corrected chi connectivity index (χ2v) is 8.36. The molecule has 1 heterocycles. The van der Waals surface area contributed by atoms with Gasteiger partial charge in [0.2, 0.25) is 0 Å². The van der Waals surface area contributed by atoms with Crippen molar-refractivity contribution in [1.82, 2.24) is 0 Å². The molecule has 2 heteroatoms. The van der Waals surface area contributed by atoms with Gasteiger partial charge in [-0.1, -0.05) is 110 Å². The van der Waals surface area contributed by atoms with Crippen LogP contribution in [0, 0.1) is 11.8 Å². The number of ether oxygens (including phenoxy) is 1. The van der Waals surface area contributed by atoms with Gasteiger partial charge in [0.05, 0.1) is 19.3 Å². The molecule has 0 aromatic carbocycles. The lowest BCUT2D eigenvalue weighted by Gasteiger charge is -2.37. The van der Waals surface area contributed by atoms with E-state index in [9.17, 15) is 5.11 Å². The summed E-state index contributed by atoms with van der Waals surface area (Å²) in [7, 11) is 0. The predicted molar refractivity (Wildman–Crippen MR) is 109 cm³/mol. The van der Waals surface area contributed by atoms with E-state index in [0.29, 0.717) is 18.6 Å². The van der Waals surface area contributed by atoms with Crippen LogP contribution < -0.4 is 0 Å². The highest BCUT2D eigenvalue weighted by Crippen LogP contribution is 2.29. The van der Waals surface area contributed by atoms with Crippen LogP contribution in [0.2, 0.25) is 0 Å². The normalized spacial score (nSPS) is 21.2. The molecule has 1 aliphatic rings. The summed E-state index contributed by atoms with van der Waals surface area (Å²) in [5.74, 6) is 1.22. The van der Waals surface area contributed by atoms with Crippen molar-refractivity contribution < 1.29 is 9.84 Å². The average molecular weight is 355 g/mol. The fourth-order valence-electron chi connectivity index (χ4n) is 4.07. The minimum atomic E-state index is 0.305. The largest absolute Gasteiger partial charge is 0.396 e. The Hall–Kier alpha value is -0.0800. The maximum absolute atomic E-state index is 9.26. The highest BCUT2D eigenvalue weighted by atomic mass is 16.5. The van der Waals surface area contributed by atoms with E-state index >= 15 is 0 Å². The smallest absolute Gasteiger partial charge is 0.0650 e. The highest BCUT2D eigenvalue weighted by Gasteiger charge is 2.32. The Balaban J connectivity index is 1.83. The first-order valence-corrected chi connectivity index (χ1v) is 11.5. The van der Waals surface area contributed by atoms with Crippen molar-refractivity contribution in [2.45, 2.75) is 123 Å². The molecule has 25 heavy (non-hydrogen) atoms. The number of rotatable bonds is 18. The summed E-state index contributed by atoms with van der Waals surface area (Å²) in [6.45, 7) is 5.67. The summed E-state index contributed by atoms with van der Waals surface area (Å²) in [5.41, 5.74) is 0. The minimum absolute atomic E-state index is 0.305. The molecular weight excluding hydrogens is 308 g/mol. The van der Waals surface area contributed by atoms with Gasteiger partial charge in [0.15, 0.2) is 0 Å². The molecule has 3 atom stereocenters. The van der Waals surface area contributed by atoms with E-state index in [-0.39, 0.29) is 0 Å². The molecule has 0 bridgehead atoms. The van der Waals surface area contributed by atoms with Gasteiger partial charge in [0.1, 0.15) is 0 Å². The monoisotopic (exact) mass is 354 g/mol. The Bertz CT molecular complexity index is 277. The van der Waals surface area contributed by atoms with E-state index in [1.54, 1.807) is 0 Å². The zero-order valence-corrected chi connectivity index (χ0v) is 17.3. The maximum atomic E-state index is 9.26. The molecule has 1 saturated heterocycles. The van der Waals surface area contributed by atoms with Crippen molar-refractivity contribution in [2.75, 3.05) is 13.2 Å². The van der Waals surface area contributed by atoms with Gasteiger partial charge in [0, 0.05) is 5.92 Å². The molecule has 1 rings (SSSR count). The summed E-state index contributed by atoms with van der Waals surface area (Å²) >= 11 is 0. The Morgan fingerprint density at radius 3 is 1.72 bits per heavy atom. The van der Waals surface area contributed by atoms with Crippen LogP contribution in [0.4, 0.5) is 0 Å². The number of aliphatic hydroxyl groups excluding tert-OH is 1. The predicted octanol–water partition coefficient (Wildman–Crippen LogP) is 6.89. The molecule has 0 aromatic rings. The molecule has 0 radical (unpaired) electrons. The molecule has 0 aromatic heterocycles. The first-order chi connectivity index (χ1) is 12.3. The zero-order chi connectivity index (χ0) is 18.2. The van der Waals surface area contributed by atoms with Crippen LogP contribution in [0.3, 0.4) is 0 Å². The molecule has 150 valence electrons. The second kappa shape index (κ2) is 16.1.